The van der Waals surface area contributed by atoms with Crippen LogP contribution in [0.3, 0.4) is 0 Å². The molecule has 1 aromatic carbocycles. The third-order valence-electron chi connectivity index (χ3n) is 3.30. The van der Waals surface area contributed by atoms with Gasteiger partial charge in [-0.2, -0.15) is 0 Å². The second-order valence-corrected chi connectivity index (χ2v) is 4.72. The minimum Gasteiger partial charge on any atom is -0.507 e. The van der Waals surface area contributed by atoms with Gasteiger partial charge in [0.25, 0.3) is 5.91 Å². The molecule has 0 radical (unpaired) electrons. The summed E-state index contributed by atoms with van der Waals surface area (Å²) in [5.41, 5.74) is 4.97. The number of primary amides is 1. The maximum Gasteiger partial charge on any atom is 0.262 e. The van der Waals surface area contributed by atoms with E-state index in [9.17, 15) is 19.8 Å². The van der Waals surface area contributed by atoms with Gasteiger partial charge in [-0.05, 0) is 25.1 Å². The lowest BCUT2D eigenvalue weighted by atomic mass is 10.1. The van der Waals surface area contributed by atoms with Crippen LogP contribution in [0, 0.1) is 0 Å². The maximum absolute atomic E-state index is 12.5. The molecule has 0 spiro atoms. The Morgan fingerprint density at radius 2 is 2.00 bits per heavy atom. The summed E-state index contributed by atoms with van der Waals surface area (Å²) in [5, 5.41) is 22.6. The van der Waals surface area contributed by atoms with E-state index >= 15 is 0 Å². The number of hydrogen-bond acceptors (Lipinski definition) is 5. The molecule has 108 valence electrons. The zero-order chi connectivity index (χ0) is 14.7. The van der Waals surface area contributed by atoms with Crippen LogP contribution in [-0.4, -0.2) is 52.6 Å². The van der Waals surface area contributed by atoms with Crippen LogP contribution in [0.2, 0.25) is 0 Å². The minimum atomic E-state index is -0.639. The number of phenolic OH excluding ortho intramolecular Hbond substituents is 2. The van der Waals surface area contributed by atoms with Crippen LogP contribution in [0.1, 0.15) is 16.8 Å². The van der Waals surface area contributed by atoms with Crippen molar-refractivity contribution in [2.24, 2.45) is 5.73 Å². The summed E-state index contributed by atoms with van der Waals surface area (Å²) in [7, 11) is 0. The number of benzene rings is 1. The fraction of sp³-hybridized carbons (Fsp3) is 0.385. The van der Waals surface area contributed by atoms with Crippen molar-refractivity contribution in [3.63, 3.8) is 0 Å². The van der Waals surface area contributed by atoms with E-state index in [2.05, 4.69) is 5.32 Å². The van der Waals surface area contributed by atoms with Crippen LogP contribution in [-0.2, 0) is 4.79 Å². The number of amides is 2. The van der Waals surface area contributed by atoms with Gasteiger partial charge in [0, 0.05) is 12.6 Å². The number of nitrogens with one attached hydrogen (secondary N) is 1. The van der Waals surface area contributed by atoms with Gasteiger partial charge in [0.2, 0.25) is 5.91 Å². The lowest BCUT2D eigenvalue weighted by Crippen LogP contribution is -2.46. The highest BCUT2D eigenvalue weighted by Gasteiger charge is 2.31. The largest absolute Gasteiger partial charge is 0.507 e. The molecule has 0 aromatic heterocycles. The molecule has 2 amide bonds. The van der Waals surface area contributed by atoms with E-state index in [1.54, 1.807) is 0 Å². The van der Waals surface area contributed by atoms with E-state index < -0.39 is 11.8 Å². The number of phenols is 2. The van der Waals surface area contributed by atoms with E-state index in [0.29, 0.717) is 13.0 Å². The molecule has 7 heteroatoms. The Kier molecular flexibility index (Phi) is 4.09. The van der Waals surface area contributed by atoms with Gasteiger partial charge in [0.1, 0.15) is 17.1 Å². The van der Waals surface area contributed by atoms with E-state index in [-0.39, 0.29) is 29.6 Å². The Morgan fingerprint density at radius 3 is 2.50 bits per heavy atom. The lowest BCUT2D eigenvalue weighted by molar-refractivity contribution is -0.119. The zero-order valence-corrected chi connectivity index (χ0v) is 10.9. The Hall–Kier alpha value is -2.28. The first-order chi connectivity index (χ1) is 9.50. The summed E-state index contributed by atoms with van der Waals surface area (Å²) in [5.74, 6) is -1.89. The number of aromatic hydroxyl groups is 2. The number of carbonyl (C=O) groups excluding carboxylic acids is 2. The second kappa shape index (κ2) is 5.79. The molecule has 1 heterocycles. The molecule has 1 atom stereocenters. The fourth-order valence-electron chi connectivity index (χ4n) is 2.33. The van der Waals surface area contributed by atoms with Gasteiger partial charge < -0.3 is 26.2 Å². The van der Waals surface area contributed by atoms with Gasteiger partial charge in [-0.1, -0.05) is 6.07 Å². The fourth-order valence-corrected chi connectivity index (χ4v) is 2.33. The highest BCUT2D eigenvalue weighted by atomic mass is 16.3. The third kappa shape index (κ3) is 2.83. The molecule has 1 aromatic rings. The molecule has 1 fully saturated rings. The van der Waals surface area contributed by atoms with Crippen molar-refractivity contribution < 1.29 is 19.8 Å². The first-order valence-electron chi connectivity index (χ1n) is 6.31. The normalized spacial score (nSPS) is 17.9. The molecule has 1 aliphatic rings. The minimum absolute atomic E-state index is 0.186. The Morgan fingerprint density at radius 1 is 1.35 bits per heavy atom. The van der Waals surface area contributed by atoms with Gasteiger partial charge in [0.05, 0.1) is 6.54 Å². The summed E-state index contributed by atoms with van der Waals surface area (Å²) in [6, 6.07) is 3.86. The summed E-state index contributed by atoms with van der Waals surface area (Å²) in [6.07, 6.45) is 0.688. The van der Waals surface area contributed by atoms with Gasteiger partial charge in [-0.25, -0.2) is 0 Å². The highest BCUT2D eigenvalue weighted by Crippen LogP contribution is 2.28. The predicted octanol–water partition coefficient (Wildman–Crippen LogP) is -0.613. The number of rotatable bonds is 4. The Labute approximate surface area is 116 Å². The smallest absolute Gasteiger partial charge is 0.262 e. The van der Waals surface area contributed by atoms with Crippen molar-refractivity contribution in [1.82, 2.24) is 10.2 Å². The molecule has 20 heavy (non-hydrogen) atoms. The molecule has 1 unspecified atom stereocenters. The first-order valence-corrected chi connectivity index (χ1v) is 6.31. The van der Waals surface area contributed by atoms with Crippen LogP contribution in [0.15, 0.2) is 18.2 Å². The topological polar surface area (TPSA) is 116 Å². The molecule has 2 rings (SSSR count). The van der Waals surface area contributed by atoms with Crippen molar-refractivity contribution in [3.05, 3.63) is 23.8 Å². The van der Waals surface area contributed by atoms with Gasteiger partial charge >= 0.3 is 0 Å². The first kappa shape index (κ1) is 14.1. The number of nitrogens with zero attached hydrogens (tertiary/aromatic N) is 1. The van der Waals surface area contributed by atoms with Crippen LogP contribution < -0.4 is 11.1 Å². The summed E-state index contributed by atoms with van der Waals surface area (Å²) >= 11 is 0. The van der Waals surface area contributed by atoms with E-state index in [0.717, 1.165) is 6.54 Å². The van der Waals surface area contributed by atoms with E-state index in [4.69, 9.17) is 5.73 Å². The van der Waals surface area contributed by atoms with Crippen LogP contribution in [0.5, 0.6) is 11.5 Å². The average Bonchev–Trinajstić information content (AvgIpc) is 2.88. The second-order valence-electron chi connectivity index (χ2n) is 4.72. The van der Waals surface area contributed by atoms with Crippen molar-refractivity contribution in [2.75, 3.05) is 19.6 Å². The van der Waals surface area contributed by atoms with Crippen LogP contribution in [0.4, 0.5) is 0 Å². The summed E-state index contributed by atoms with van der Waals surface area (Å²) < 4.78 is 0. The standard InChI is InChI=1S/C13H17N3O4/c14-11(19)7-16(8-4-5-15-6-8)13(20)12-9(17)2-1-3-10(12)18/h1-3,8,15,17-18H,4-7H2,(H2,14,19). The SMILES string of the molecule is NC(=O)CN(C(=O)c1c(O)cccc1O)C1CCNC1. The Bertz CT molecular complexity index is 506. The molecule has 0 saturated carbocycles. The van der Waals surface area contributed by atoms with Crippen molar-refractivity contribution in [1.29, 1.82) is 0 Å². The summed E-state index contributed by atoms with van der Waals surface area (Å²) in [6.45, 7) is 1.03. The maximum atomic E-state index is 12.5. The zero-order valence-electron chi connectivity index (χ0n) is 10.9. The third-order valence-corrected chi connectivity index (χ3v) is 3.30. The van der Waals surface area contributed by atoms with Crippen molar-refractivity contribution in [3.8, 4) is 11.5 Å². The molecule has 5 N–H and O–H groups in total. The molecule has 0 bridgehead atoms. The molecular weight excluding hydrogens is 262 g/mol. The molecule has 7 nitrogen and oxygen atoms in total. The average molecular weight is 279 g/mol. The van der Waals surface area contributed by atoms with Crippen LogP contribution >= 0.6 is 0 Å². The molecule has 1 aliphatic heterocycles. The van der Waals surface area contributed by atoms with E-state index in [1.165, 1.54) is 23.1 Å². The van der Waals surface area contributed by atoms with Crippen LogP contribution in [0.25, 0.3) is 0 Å². The van der Waals surface area contributed by atoms with Gasteiger partial charge in [-0.15, -0.1) is 0 Å². The number of nitrogens with two attached hydrogens (primary N) is 1. The quantitative estimate of drug-likeness (QED) is 0.586. The van der Waals surface area contributed by atoms with Gasteiger partial charge in [0.15, 0.2) is 0 Å². The van der Waals surface area contributed by atoms with Crippen molar-refractivity contribution >= 4 is 11.8 Å². The summed E-state index contributed by atoms with van der Waals surface area (Å²) in [4.78, 5) is 24.9. The molecular formula is C13H17N3O4. The highest BCUT2D eigenvalue weighted by molar-refractivity contribution is 6.01. The van der Waals surface area contributed by atoms with Crippen molar-refractivity contribution in [2.45, 2.75) is 12.5 Å². The number of carbonyl (C=O) groups is 2. The monoisotopic (exact) mass is 279 g/mol. The predicted molar refractivity (Wildman–Crippen MR) is 71.3 cm³/mol. The Balaban J connectivity index is 2.32. The van der Waals surface area contributed by atoms with Gasteiger partial charge in [-0.3, -0.25) is 9.59 Å². The lowest BCUT2D eigenvalue weighted by Gasteiger charge is -2.27. The number of hydrogen-bond donors (Lipinski definition) is 4. The molecule has 0 aliphatic carbocycles. The molecule has 1 saturated heterocycles. The van der Waals surface area contributed by atoms with E-state index in [1.807, 2.05) is 0 Å².